The van der Waals surface area contributed by atoms with Gasteiger partial charge in [0.1, 0.15) is 11.9 Å². The summed E-state index contributed by atoms with van der Waals surface area (Å²) in [5.74, 6) is 1.77. The zero-order valence-electron chi connectivity index (χ0n) is 17.3. The first-order valence-electron chi connectivity index (χ1n) is 10.1. The molecular weight excluding hydrogens is 340 g/mol. The molecule has 1 heterocycles. The van der Waals surface area contributed by atoms with Crippen molar-refractivity contribution in [2.75, 3.05) is 46.4 Å². The van der Waals surface area contributed by atoms with Gasteiger partial charge >= 0.3 is 0 Å². The number of hydrogen-bond acceptors (Lipinski definition) is 4. The largest absolute Gasteiger partial charge is 0.489 e. The highest BCUT2D eigenvalue weighted by molar-refractivity contribution is 5.80. The smallest absolute Gasteiger partial charge is 0.191 e. The lowest BCUT2D eigenvalue weighted by atomic mass is 10.1. The average molecular weight is 377 g/mol. The number of aliphatic imine (C=N–C) groups is 1. The highest BCUT2D eigenvalue weighted by atomic mass is 16.5. The molecule has 6 nitrogen and oxygen atoms in total. The zero-order chi connectivity index (χ0) is 19.5. The molecule has 0 spiro atoms. The van der Waals surface area contributed by atoms with Gasteiger partial charge in [-0.05, 0) is 45.7 Å². The molecule has 0 aliphatic carbocycles. The van der Waals surface area contributed by atoms with Crippen LogP contribution in [-0.4, -0.2) is 69.4 Å². The number of guanidine groups is 1. The fourth-order valence-corrected chi connectivity index (χ4v) is 3.14. The number of hydrogen-bond donors (Lipinski definition) is 2. The highest BCUT2D eigenvalue weighted by Gasteiger charge is 2.19. The molecule has 1 atom stereocenters. The van der Waals surface area contributed by atoms with E-state index < -0.39 is 0 Å². The molecule has 2 rings (SSSR count). The van der Waals surface area contributed by atoms with E-state index in [2.05, 4.69) is 48.4 Å². The molecule has 1 saturated heterocycles. The van der Waals surface area contributed by atoms with Gasteiger partial charge in [0, 0.05) is 39.3 Å². The first-order chi connectivity index (χ1) is 13.1. The van der Waals surface area contributed by atoms with Crippen molar-refractivity contribution in [3.63, 3.8) is 0 Å². The van der Waals surface area contributed by atoms with Crippen molar-refractivity contribution in [2.45, 2.75) is 45.8 Å². The van der Waals surface area contributed by atoms with E-state index in [1.807, 2.05) is 12.1 Å². The van der Waals surface area contributed by atoms with E-state index in [9.17, 15) is 0 Å². The van der Waals surface area contributed by atoms with E-state index in [4.69, 9.17) is 14.5 Å². The van der Waals surface area contributed by atoms with Gasteiger partial charge in [-0.2, -0.15) is 0 Å². The Morgan fingerprint density at radius 2 is 1.96 bits per heavy atom. The summed E-state index contributed by atoms with van der Waals surface area (Å²) in [6.07, 6.45) is 2.28. The summed E-state index contributed by atoms with van der Waals surface area (Å²) in [6.45, 7) is 11.7. The quantitative estimate of drug-likeness (QED) is 0.512. The lowest BCUT2D eigenvalue weighted by molar-refractivity contribution is 0.128. The Morgan fingerprint density at radius 3 is 2.59 bits per heavy atom. The van der Waals surface area contributed by atoms with Crippen molar-refractivity contribution in [3.8, 4) is 5.75 Å². The zero-order valence-corrected chi connectivity index (χ0v) is 17.3. The first kappa shape index (κ1) is 21.5. The van der Waals surface area contributed by atoms with Gasteiger partial charge in [0.25, 0.3) is 0 Å². The number of nitrogens with zero attached hydrogens (tertiary/aromatic N) is 2. The molecule has 0 bridgehead atoms. The Kier molecular flexibility index (Phi) is 9.42. The molecule has 1 aromatic carbocycles. The predicted molar refractivity (Wildman–Crippen MR) is 112 cm³/mol. The van der Waals surface area contributed by atoms with Crippen LogP contribution >= 0.6 is 0 Å². The molecule has 0 aromatic heterocycles. The van der Waals surface area contributed by atoms with Gasteiger partial charge in [0.05, 0.1) is 13.2 Å². The first-order valence-corrected chi connectivity index (χ1v) is 10.1. The summed E-state index contributed by atoms with van der Waals surface area (Å²) in [5.41, 5.74) is 1.24. The van der Waals surface area contributed by atoms with E-state index in [1.165, 1.54) is 5.56 Å². The van der Waals surface area contributed by atoms with Crippen LogP contribution in [-0.2, 0) is 4.74 Å². The lowest BCUT2D eigenvalue weighted by Gasteiger charge is -2.32. The second-order valence-corrected chi connectivity index (χ2v) is 7.21. The van der Waals surface area contributed by atoms with Crippen molar-refractivity contribution in [2.24, 2.45) is 4.99 Å². The maximum atomic E-state index is 5.96. The normalized spacial score (nSPS) is 17.6. The van der Waals surface area contributed by atoms with Crippen LogP contribution in [0.1, 0.15) is 32.3 Å². The third kappa shape index (κ3) is 8.18. The maximum Gasteiger partial charge on any atom is 0.191 e. The van der Waals surface area contributed by atoms with Crippen molar-refractivity contribution >= 4 is 5.96 Å². The number of benzene rings is 1. The topological polar surface area (TPSA) is 58.1 Å². The third-order valence-electron chi connectivity index (χ3n) is 4.75. The second kappa shape index (κ2) is 11.8. The van der Waals surface area contributed by atoms with Crippen molar-refractivity contribution in [1.82, 2.24) is 15.5 Å². The van der Waals surface area contributed by atoms with E-state index in [1.54, 1.807) is 7.11 Å². The molecule has 27 heavy (non-hydrogen) atoms. The Labute approximate surface area is 164 Å². The monoisotopic (exact) mass is 376 g/mol. The molecule has 0 amide bonds. The Hall–Kier alpha value is -1.79. The van der Waals surface area contributed by atoms with Gasteiger partial charge < -0.3 is 25.0 Å². The van der Waals surface area contributed by atoms with Gasteiger partial charge in [0.15, 0.2) is 5.96 Å². The minimum atomic E-state index is 0.0269. The average Bonchev–Trinajstić information content (AvgIpc) is 2.67. The number of likely N-dealkylation sites (tertiary alicyclic amines) is 1. The van der Waals surface area contributed by atoms with Gasteiger partial charge in [-0.3, -0.25) is 0 Å². The van der Waals surface area contributed by atoms with Crippen LogP contribution in [0.25, 0.3) is 0 Å². The highest BCUT2D eigenvalue weighted by Crippen LogP contribution is 2.13. The Bertz CT molecular complexity index is 554. The Balaban J connectivity index is 1.78. The van der Waals surface area contributed by atoms with Crippen LogP contribution in [0, 0.1) is 6.92 Å². The van der Waals surface area contributed by atoms with Crippen LogP contribution < -0.4 is 15.4 Å². The molecule has 2 N–H and O–H groups in total. The summed E-state index contributed by atoms with van der Waals surface area (Å²) in [6, 6.07) is 8.62. The maximum absolute atomic E-state index is 5.96. The number of methoxy groups -OCH3 is 1. The lowest BCUT2D eigenvalue weighted by Crippen LogP contribution is -2.49. The SMILES string of the molecule is CCNC(=NCC(C)Oc1ccc(C)cc1)NC1CCN(CCOC)CC1. The van der Waals surface area contributed by atoms with E-state index in [0.29, 0.717) is 12.6 Å². The summed E-state index contributed by atoms with van der Waals surface area (Å²) in [7, 11) is 1.76. The molecule has 152 valence electrons. The number of rotatable bonds is 9. The van der Waals surface area contributed by atoms with Gasteiger partial charge in [-0.15, -0.1) is 0 Å². The fraction of sp³-hybridized carbons (Fsp3) is 0.667. The van der Waals surface area contributed by atoms with Crippen molar-refractivity contribution in [1.29, 1.82) is 0 Å². The summed E-state index contributed by atoms with van der Waals surface area (Å²) in [5, 5.41) is 6.94. The van der Waals surface area contributed by atoms with Crippen LogP contribution in [0.15, 0.2) is 29.3 Å². The van der Waals surface area contributed by atoms with Crippen molar-refractivity contribution in [3.05, 3.63) is 29.8 Å². The number of ether oxygens (including phenoxy) is 2. The van der Waals surface area contributed by atoms with Gasteiger partial charge in [-0.1, -0.05) is 17.7 Å². The molecule has 1 fully saturated rings. The van der Waals surface area contributed by atoms with Crippen LogP contribution in [0.4, 0.5) is 0 Å². The van der Waals surface area contributed by atoms with E-state index in [0.717, 1.165) is 57.3 Å². The van der Waals surface area contributed by atoms with Crippen LogP contribution in [0.2, 0.25) is 0 Å². The van der Waals surface area contributed by atoms with E-state index >= 15 is 0 Å². The summed E-state index contributed by atoms with van der Waals surface area (Å²) in [4.78, 5) is 7.19. The molecule has 0 saturated carbocycles. The predicted octanol–water partition coefficient (Wildman–Crippen LogP) is 2.43. The van der Waals surface area contributed by atoms with E-state index in [-0.39, 0.29) is 6.10 Å². The van der Waals surface area contributed by atoms with Crippen LogP contribution in [0.3, 0.4) is 0 Å². The molecule has 1 aromatic rings. The summed E-state index contributed by atoms with van der Waals surface area (Å²) >= 11 is 0. The minimum absolute atomic E-state index is 0.0269. The number of nitrogens with one attached hydrogen (secondary N) is 2. The molecule has 6 heteroatoms. The second-order valence-electron chi connectivity index (χ2n) is 7.21. The standard InChI is InChI=1S/C21H36N4O2/c1-5-22-21(24-19-10-12-25(13-11-19)14-15-26-4)23-16-18(3)27-20-8-6-17(2)7-9-20/h6-9,18-19H,5,10-16H2,1-4H3,(H2,22,23,24). The third-order valence-corrected chi connectivity index (χ3v) is 4.75. The summed E-state index contributed by atoms with van der Waals surface area (Å²) < 4.78 is 11.1. The minimum Gasteiger partial charge on any atom is -0.489 e. The molecule has 1 aliphatic rings. The Morgan fingerprint density at radius 1 is 1.26 bits per heavy atom. The van der Waals surface area contributed by atoms with Gasteiger partial charge in [0.2, 0.25) is 0 Å². The molecule has 1 unspecified atom stereocenters. The van der Waals surface area contributed by atoms with Gasteiger partial charge in [-0.25, -0.2) is 4.99 Å². The molecule has 1 aliphatic heterocycles. The molecule has 0 radical (unpaired) electrons. The fourth-order valence-electron chi connectivity index (χ4n) is 3.14. The van der Waals surface area contributed by atoms with Crippen LogP contribution in [0.5, 0.6) is 5.75 Å². The number of aryl methyl sites for hydroxylation is 1. The van der Waals surface area contributed by atoms with Crippen molar-refractivity contribution < 1.29 is 9.47 Å². The molecular formula is C21H36N4O2. The number of piperidine rings is 1.